The van der Waals surface area contributed by atoms with E-state index in [2.05, 4.69) is 29.3 Å². The first-order valence-electron chi connectivity index (χ1n) is 5.03. The lowest BCUT2D eigenvalue weighted by molar-refractivity contribution is 0.279. The normalized spacial score (nSPS) is 24.5. The number of rotatable bonds is 5. The van der Waals surface area contributed by atoms with E-state index >= 15 is 0 Å². The van der Waals surface area contributed by atoms with Crippen LogP contribution >= 0.6 is 0 Å². The minimum Gasteiger partial charge on any atom is -0.306 e. The molecule has 1 heterocycles. The summed E-state index contributed by atoms with van der Waals surface area (Å²) in [5.74, 6) is 6.13. The molecule has 13 heavy (non-hydrogen) atoms. The van der Waals surface area contributed by atoms with Crippen molar-refractivity contribution in [3.63, 3.8) is 0 Å². The molecule has 0 aromatic carbocycles. The summed E-state index contributed by atoms with van der Waals surface area (Å²) in [6, 6.07) is 0. The van der Waals surface area contributed by atoms with Crippen molar-refractivity contribution < 1.29 is 0 Å². The Morgan fingerprint density at radius 1 is 1.62 bits per heavy atom. The van der Waals surface area contributed by atoms with E-state index in [1.807, 2.05) is 0 Å². The van der Waals surface area contributed by atoms with Crippen molar-refractivity contribution in [2.75, 3.05) is 40.4 Å². The summed E-state index contributed by atoms with van der Waals surface area (Å²) >= 11 is 0. The Kier molecular flexibility index (Phi) is 4.66. The molecule has 1 atom stereocenters. The van der Waals surface area contributed by atoms with Gasteiger partial charge in [0.15, 0.2) is 0 Å². The fourth-order valence-electron chi connectivity index (χ4n) is 1.90. The van der Waals surface area contributed by atoms with Gasteiger partial charge >= 0.3 is 0 Å². The summed E-state index contributed by atoms with van der Waals surface area (Å²) in [5.41, 5.74) is 2.67. The zero-order valence-corrected chi connectivity index (χ0v) is 8.79. The summed E-state index contributed by atoms with van der Waals surface area (Å²) in [7, 11) is 4.30. The Balaban J connectivity index is 2.05. The van der Waals surface area contributed by atoms with E-state index in [9.17, 15) is 0 Å². The lowest BCUT2D eigenvalue weighted by Crippen LogP contribution is -2.36. The molecule has 0 radical (unpaired) electrons. The lowest BCUT2D eigenvalue weighted by atomic mass is 10.1. The molecule has 1 aliphatic heterocycles. The SMILES string of the molecule is CN(CCC1CCN(C)C1)CNN. The van der Waals surface area contributed by atoms with Crippen LogP contribution in [0.25, 0.3) is 0 Å². The smallest absolute Gasteiger partial charge is 0.0609 e. The quantitative estimate of drug-likeness (QED) is 0.351. The van der Waals surface area contributed by atoms with E-state index < -0.39 is 0 Å². The van der Waals surface area contributed by atoms with E-state index in [0.29, 0.717) is 0 Å². The fourth-order valence-corrected chi connectivity index (χ4v) is 1.90. The predicted molar refractivity (Wildman–Crippen MR) is 55.0 cm³/mol. The molecule has 4 nitrogen and oxygen atoms in total. The number of hydrogen-bond acceptors (Lipinski definition) is 4. The third-order valence-electron chi connectivity index (χ3n) is 2.77. The standard InChI is InChI=1S/C9H22N4/c1-12-5-3-9(7-12)4-6-13(2)8-11-10/h9,11H,3-8,10H2,1-2H3. The van der Waals surface area contributed by atoms with Gasteiger partial charge in [0, 0.05) is 6.54 Å². The molecule has 0 aromatic heterocycles. The molecule has 78 valence electrons. The Bertz CT molecular complexity index is 140. The molecule has 0 spiro atoms. The van der Waals surface area contributed by atoms with Gasteiger partial charge in [-0.25, -0.2) is 5.43 Å². The molecular weight excluding hydrogens is 164 g/mol. The minimum absolute atomic E-state index is 0.780. The van der Waals surface area contributed by atoms with E-state index in [1.54, 1.807) is 0 Å². The molecule has 0 amide bonds. The number of likely N-dealkylation sites (tertiary alicyclic amines) is 1. The zero-order valence-electron chi connectivity index (χ0n) is 8.79. The minimum atomic E-state index is 0.780. The third-order valence-corrected chi connectivity index (χ3v) is 2.77. The van der Waals surface area contributed by atoms with Crippen LogP contribution in [0.2, 0.25) is 0 Å². The van der Waals surface area contributed by atoms with Crippen molar-refractivity contribution in [2.45, 2.75) is 12.8 Å². The van der Waals surface area contributed by atoms with Crippen molar-refractivity contribution in [1.29, 1.82) is 0 Å². The van der Waals surface area contributed by atoms with Crippen molar-refractivity contribution in [3.8, 4) is 0 Å². The monoisotopic (exact) mass is 186 g/mol. The van der Waals surface area contributed by atoms with Crippen LogP contribution in [0.5, 0.6) is 0 Å². The van der Waals surface area contributed by atoms with Gasteiger partial charge in [0.25, 0.3) is 0 Å². The highest BCUT2D eigenvalue weighted by Gasteiger charge is 2.18. The van der Waals surface area contributed by atoms with Gasteiger partial charge in [-0.15, -0.1) is 0 Å². The molecule has 1 unspecified atom stereocenters. The maximum Gasteiger partial charge on any atom is 0.0609 e. The summed E-state index contributed by atoms with van der Waals surface area (Å²) < 4.78 is 0. The largest absolute Gasteiger partial charge is 0.306 e. The predicted octanol–water partition coefficient (Wildman–Crippen LogP) is -0.319. The number of hydrazine groups is 1. The first-order valence-corrected chi connectivity index (χ1v) is 5.03. The molecule has 1 fully saturated rings. The van der Waals surface area contributed by atoms with Gasteiger partial charge in [0.1, 0.15) is 0 Å². The fraction of sp³-hybridized carbons (Fsp3) is 1.00. The topological polar surface area (TPSA) is 44.5 Å². The number of hydrogen-bond donors (Lipinski definition) is 2. The molecule has 0 saturated carbocycles. The number of nitrogens with one attached hydrogen (secondary N) is 1. The maximum absolute atomic E-state index is 5.24. The molecule has 1 aliphatic rings. The average Bonchev–Trinajstić information content (AvgIpc) is 2.49. The zero-order chi connectivity index (χ0) is 9.68. The van der Waals surface area contributed by atoms with Crippen molar-refractivity contribution in [3.05, 3.63) is 0 Å². The second kappa shape index (κ2) is 5.54. The van der Waals surface area contributed by atoms with Crippen molar-refractivity contribution in [1.82, 2.24) is 15.2 Å². The summed E-state index contributed by atoms with van der Waals surface area (Å²) in [5, 5.41) is 0. The highest BCUT2D eigenvalue weighted by molar-refractivity contribution is 4.73. The number of nitrogens with two attached hydrogens (primary N) is 1. The van der Waals surface area contributed by atoms with Crippen LogP contribution in [0.1, 0.15) is 12.8 Å². The Hall–Kier alpha value is -0.160. The van der Waals surface area contributed by atoms with Crippen LogP contribution < -0.4 is 11.3 Å². The molecule has 0 aliphatic carbocycles. The van der Waals surface area contributed by atoms with E-state index in [1.165, 1.54) is 25.9 Å². The van der Waals surface area contributed by atoms with Gasteiger partial charge in [-0.1, -0.05) is 0 Å². The van der Waals surface area contributed by atoms with Crippen molar-refractivity contribution >= 4 is 0 Å². The van der Waals surface area contributed by atoms with E-state index in [-0.39, 0.29) is 0 Å². The van der Waals surface area contributed by atoms with Gasteiger partial charge in [-0.3, -0.25) is 10.7 Å². The molecule has 0 aromatic rings. The summed E-state index contributed by atoms with van der Waals surface area (Å²) in [6.07, 6.45) is 2.66. The lowest BCUT2D eigenvalue weighted by Gasteiger charge is -2.18. The number of nitrogens with zero attached hydrogens (tertiary/aromatic N) is 2. The van der Waals surface area contributed by atoms with E-state index in [4.69, 9.17) is 5.84 Å². The second-order valence-corrected chi connectivity index (χ2v) is 4.15. The molecule has 1 rings (SSSR count). The van der Waals surface area contributed by atoms with Gasteiger partial charge < -0.3 is 4.90 Å². The second-order valence-electron chi connectivity index (χ2n) is 4.15. The first kappa shape index (κ1) is 10.9. The van der Waals surface area contributed by atoms with E-state index in [0.717, 1.165) is 19.1 Å². The average molecular weight is 186 g/mol. The molecule has 4 heteroatoms. The molecular formula is C9H22N4. The Morgan fingerprint density at radius 3 is 2.92 bits per heavy atom. The molecule has 1 saturated heterocycles. The van der Waals surface area contributed by atoms with Gasteiger partial charge in [0.2, 0.25) is 0 Å². The third kappa shape index (κ3) is 4.04. The van der Waals surface area contributed by atoms with Crippen LogP contribution in [0, 0.1) is 5.92 Å². The van der Waals surface area contributed by atoms with Crippen molar-refractivity contribution in [2.24, 2.45) is 11.8 Å². The van der Waals surface area contributed by atoms with Crippen LogP contribution in [-0.2, 0) is 0 Å². The molecule has 0 bridgehead atoms. The van der Waals surface area contributed by atoms with Crippen LogP contribution in [0.3, 0.4) is 0 Å². The van der Waals surface area contributed by atoms with Gasteiger partial charge in [-0.2, -0.15) is 0 Å². The highest BCUT2D eigenvalue weighted by Crippen LogP contribution is 2.17. The first-order chi connectivity index (χ1) is 6.22. The van der Waals surface area contributed by atoms with Crippen LogP contribution in [-0.4, -0.2) is 50.2 Å². The Labute approximate surface area is 81.0 Å². The molecule has 3 N–H and O–H groups in total. The van der Waals surface area contributed by atoms with Crippen LogP contribution in [0.15, 0.2) is 0 Å². The highest BCUT2D eigenvalue weighted by atomic mass is 15.3. The maximum atomic E-state index is 5.24. The summed E-state index contributed by atoms with van der Waals surface area (Å²) in [4.78, 5) is 4.63. The van der Waals surface area contributed by atoms with Gasteiger partial charge in [0.05, 0.1) is 6.67 Å². The van der Waals surface area contributed by atoms with Crippen LogP contribution in [0.4, 0.5) is 0 Å². The Morgan fingerprint density at radius 2 is 2.38 bits per heavy atom. The summed E-state index contributed by atoms with van der Waals surface area (Å²) in [6.45, 7) is 4.46. The van der Waals surface area contributed by atoms with Gasteiger partial charge in [-0.05, 0) is 45.9 Å².